The molecule has 19 heteroatoms. The zero-order valence-corrected chi connectivity index (χ0v) is 25.7. The minimum absolute atomic E-state index is 0.00402. The van der Waals surface area contributed by atoms with Crippen molar-refractivity contribution in [1.29, 1.82) is 0 Å². The van der Waals surface area contributed by atoms with Gasteiger partial charge in [0.1, 0.15) is 73.2 Å². The Morgan fingerprint density at radius 1 is 0.745 bits per heavy atom. The van der Waals surface area contributed by atoms with Crippen LogP contribution in [0.2, 0.25) is 0 Å². The minimum Gasteiger partial charge on any atom is -0.394 e. The molecule has 19 nitrogen and oxygen atoms in total. The van der Waals surface area contributed by atoms with Crippen LogP contribution in [0.1, 0.15) is 26.2 Å². The Kier molecular flexibility index (Phi) is 15.6. The molecule has 0 aliphatic carbocycles. The van der Waals surface area contributed by atoms with Crippen molar-refractivity contribution >= 4 is 11.8 Å². The third kappa shape index (κ3) is 9.98. The Morgan fingerprint density at radius 3 is 1.91 bits per heavy atom. The standard InChI is InChI=1S/C28H46N2O17/c1-3-4-6-16(35)29-7-5-8-42-26-17(30-12(2)34)20(38)24(15(11-33)45-26)46-28-23(41)25(19(37)14(10-32)44-28)47-27-22(40)21(39)18(36)13(9-31)43-27/h1,13-15,17-28,31-33,36-41H,4-11H2,2H3,(H,29,35)(H,30,34). The maximum absolute atomic E-state index is 12.0. The van der Waals surface area contributed by atoms with Gasteiger partial charge in [-0.1, -0.05) is 0 Å². The lowest BCUT2D eigenvalue weighted by Crippen LogP contribution is -2.68. The summed E-state index contributed by atoms with van der Waals surface area (Å²) in [5.41, 5.74) is 0. The van der Waals surface area contributed by atoms with Crippen LogP contribution in [0.4, 0.5) is 0 Å². The zero-order valence-electron chi connectivity index (χ0n) is 25.7. The Balaban J connectivity index is 1.71. The number of rotatable bonds is 15. The summed E-state index contributed by atoms with van der Waals surface area (Å²) in [4.78, 5) is 23.7. The lowest BCUT2D eigenvalue weighted by molar-refractivity contribution is -0.376. The van der Waals surface area contributed by atoms with Crippen LogP contribution in [0, 0.1) is 12.3 Å². The summed E-state index contributed by atoms with van der Waals surface area (Å²) in [5, 5.41) is 98.3. The van der Waals surface area contributed by atoms with Crippen molar-refractivity contribution in [1.82, 2.24) is 10.6 Å². The van der Waals surface area contributed by atoms with Crippen molar-refractivity contribution in [3.63, 3.8) is 0 Å². The molecule has 3 aliphatic rings. The predicted molar refractivity (Wildman–Crippen MR) is 152 cm³/mol. The average molecular weight is 683 g/mol. The fourth-order valence-corrected chi connectivity index (χ4v) is 5.36. The highest BCUT2D eigenvalue weighted by Crippen LogP contribution is 2.32. The summed E-state index contributed by atoms with van der Waals surface area (Å²) in [6.07, 6.45) is -17.2. The molecule has 0 saturated carbocycles. The van der Waals surface area contributed by atoms with Crippen LogP contribution >= 0.6 is 0 Å². The van der Waals surface area contributed by atoms with Crippen LogP contribution in [-0.2, 0) is 38.0 Å². The molecule has 3 fully saturated rings. The van der Waals surface area contributed by atoms with E-state index >= 15 is 0 Å². The van der Waals surface area contributed by atoms with E-state index in [4.69, 9.17) is 34.8 Å². The van der Waals surface area contributed by atoms with Gasteiger partial charge in [-0.3, -0.25) is 9.59 Å². The van der Waals surface area contributed by atoms with Crippen molar-refractivity contribution in [2.75, 3.05) is 33.0 Å². The number of terminal acetylenes is 1. The summed E-state index contributed by atoms with van der Waals surface area (Å²) in [5.74, 6) is 1.54. The van der Waals surface area contributed by atoms with Gasteiger partial charge < -0.3 is 85.0 Å². The molecule has 0 aromatic rings. The molecule has 11 N–H and O–H groups in total. The third-order valence-electron chi connectivity index (χ3n) is 7.90. The van der Waals surface area contributed by atoms with E-state index in [2.05, 4.69) is 16.6 Å². The van der Waals surface area contributed by atoms with Crippen LogP contribution in [-0.4, -0.2) is 183 Å². The number of hydrogen-bond acceptors (Lipinski definition) is 17. The molecule has 15 unspecified atom stereocenters. The summed E-state index contributed by atoms with van der Waals surface area (Å²) in [7, 11) is 0. The Labute approximate surface area is 270 Å². The molecule has 0 spiro atoms. The van der Waals surface area contributed by atoms with Crippen LogP contribution < -0.4 is 10.6 Å². The van der Waals surface area contributed by atoms with Gasteiger partial charge in [0, 0.05) is 26.3 Å². The SMILES string of the molecule is C#CCCC(=O)NCCCOC1OC(CO)C(OC2OC(CO)C(O)C(OC3OC(CO)C(O)C(O)C3O)C2O)C(O)C1NC(C)=O. The molecule has 47 heavy (non-hydrogen) atoms. The topological polar surface area (TPSA) is 296 Å². The second-order valence-corrected chi connectivity index (χ2v) is 11.3. The van der Waals surface area contributed by atoms with Crippen molar-refractivity contribution in [3.05, 3.63) is 0 Å². The van der Waals surface area contributed by atoms with Crippen LogP contribution in [0.3, 0.4) is 0 Å². The second-order valence-electron chi connectivity index (χ2n) is 11.3. The molecule has 3 aliphatic heterocycles. The highest BCUT2D eigenvalue weighted by molar-refractivity contribution is 5.76. The lowest BCUT2D eigenvalue weighted by atomic mass is 9.95. The number of aliphatic hydroxyl groups excluding tert-OH is 9. The van der Waals surface area contributed by atoms with Crippen molar-refractivity contribution in [2.24, 2.45) is 0 Å². The van der Waals surface area contributed by atoms with E-state index in [1.54, 1.807) is 0 Å². The number of carbonyl (C=O) groups excluding carboxylic acids is 2. The molecule has 2 amide bonds. The zero-order chi connectivity index (χ0) is 34.8. The van der Waals surface area contributed by atoms with Gasteiger partial charge in [-0.25, -0.2) is 0 Å². The normalized spacial score (nSPS) is 40.7. The monoisotopic (exact) mass is 682 g/mol. The van der Waals surface area contributed by atoms with E-state index in [-0.39, 0.29) is 31.9 Å². The first-order chi connectivity index (χ1) is 22.4. The van der Waals surface area contributed by atoms with Crippen molar-refractivity contribution < 1.29 is 84.0 Å². The maximum Gasteiger partial charge on any atom is 0.220 e. The first kappa shape index (κ1) is 39.3. The molecule has 0 radical (unpaired) electrons. The number of ether oxygens (including phenoxy) is 6. The summed E-state index contributed by atoms with van der Waals surface area (Å²) in [6, 6.07) is -1.27. The first-order valence-corrected chi connectivity index (χ1v) is 15.2. The number of nitrogens with one attached hydrogen (secondary N) is 2. The first-order valence-electron chi connectivity index (χ1n) is 15.2. The van der Waals surface area contributed by atoms with E-state index < -0.39 is 118 Å². The van der Waals surface area contributed by atoms with E-state index in [9.17, 15) is 55.5 Å². The number of hydrogen-bond donors (Lipinski definition) is 11. The number of aliphatic hydroxyl groups is 9. The van der Waals surface area contributed by atoms with Gasteiger partial charge in [0.2, 0.25) is 11.8 Å². The molecule has 3 rings (SSSR count). The predicted octanol–water partition coefficient (Wildman–Crippen LogP) is -6.49. The van der Waals surface area contributed by atoms with E-state index in [0.29, 0.717) is 6.42 Å². The average Bonchev–Trinajstić information content (AvgIpc) is 3.05. The van der Waals surface area contributed by atoms with Crippen molar-refractivity contribution in [3.8, 4) is 12.3 Å². The maximum atomic E-state index is 12.0. The second kappa shape index (κ2) is 18.6. The van der Waals surface area contributed by atoms with Crippen LogP contribution in [0.25, 0.3) is 0 Å². The Morgan fingerprint density at radius 2 is 1.32 bits per heavy atom. The lowest BCUT2D eigenvalue weighted by Gasteiger charge is -2.48. The highest BCUT2D eigenvalue weighted by Gasteiger charge is 2.54. The van der Waals surface area contributed by atoms with Gasteiger partial charge >= 0.3 is 0 Å². The smallest absolute Gasteiger partial charge is 0.220 e. The van der Waals surface area contributed by atoms with Gasteiger partial charge in [0.15, 0.2) is 18.9 Å². The molecule has 3 saturated heterocycles. The van der Waals surface area contributed by atoms with Crippen molar-refractivity contribution in [2.45, 2.75) is 118 Å². The molecule has 15 atom stereocenters. The van der Waals surface area contributed by atoms with E-state index in [1.165, 1.54) is 6.92 Å². The fourth-order valence-electron chi connectivity index (χ4n) is 5.36. The Bertz CT molecular complexity index is 1030. The van der Waals surface area contributed by atoms with Gasteiger partial charge in [0.25, 0.3) is 0 Å². The molecule has 0 aromatic carbocycles. The third-order valence-corrected chi connectivity index (χ3v) is 7.90. The molecule has 270 valence electrons. The van der Waals surface area contributed by atoms with E-state index in [1.807, 2.05) is 0 Å². The highest BCUT2D eigenvalue weighted by atomic mass is 16.8. The number of amides is 2. The fraction of sp³-hybridized carbons (Fsp3) is 0.857. The summed E-state index contributed by atoms with van der Waals surface area (Å²) < 4.78 is 33.7. The quantitative estimate of drug-likeness (QED) is 0.0565. The van der Waals surface area contributed by atoms with E-state index in [0.717, 1.165) is 0 Å². The molecule has 0 bridgehead atoms. The van der Waals surface area contributed by atoms with Gasteiger partial charge in [-0.2, -0.15) is 0 Å². The molecular formula is C28H46N2O17. The van der Waals surface area contributed by atoms with Gasteiger partial charge in [-0.15, -0.1) is 12.3 Å². The largest absolute Gasteiger partial charge is 0.394 e. The van der Waals surface area contributed by atoms with Crippen LogP contribution in [0.5, 0.6) is 0 Å². The summed E-state index contributed by atoms with van der Waals surface area (Å²) in [6.45, 7) is -0.945. The number of carbonyl (C=O) groups is 2. The molecule has 3 heterocycles. The molecule has 0 aromatic heterocycles. The molecular weight excluding hydrogens is 636 g/mol. The van der Waals surface area contributed by atoms with Gasteiger partial charge in [0.05, 0.1) is 26.4 Å². The summed E-state index contributed by atoms with van der Waals surface area (Å²) >= 11 is 0. The van der Waals surface area contributed by atoms with Crippen LogP contribution in [0.15, 0.2) is 0 Å². The minimum atomic E-state index is -1.93. The van der Waals surface area contributed by atoms with Gasteiger partial charge in [-0.05, 0) is 6.42 Å². The Hall–Kier alpha value is -2.10.